The number of nitrogens with one attached hydrogen (secondary N) is 2. The van der Waals surface area contributed by atoms with E-state index in [0.717, 1.165) is 18.0 Å². The maximum Gasteiger partial charge on any atom is 0.490 e. The molecule has 4 unspecified atom stereocenters. The van der Waals surface area contributed by atoms with E-state index in [2.05, 4.69) is 43.8 Å². The van der Waals surface area contributed by atoms with E-state index in [1.54, 1.807) is 7.05 Å². The lowest BCUT2D eigenvalue weighted by molar-refractivity contribution is -0.0581. The van der Waals surface area contributed by atoms with E-state index in [4.69, 9.17) is 43.3 Å². The molecule has 56 heavy (non-hydrogen) atoms. The molecule has 4 aromatic heterocycles. The third-order valence-electron chi connectivity index (χ3n) is 7.96. The summed E-state index contributed by atoms with van der Waals surface area (Å²) < 4.78 is 91.0. The van der Waals surface area contributed by atoms with Crippen LogP contribution in [0, 0.1) is 0 Å². The minimum Gasteiger partial charge on any atom is -0.387 e. The highest BCUT2D eigenvalue weighted by Crippen LogP contribution is 2.66. The summed E-state index contributed by atoms with van der Waals surface area (Å²) in [4.78, 5) is 82.8. The van der Waals surface area contributed by atoms with Gasteiger partial charge in [-0.1, -0.05) is 0 Å². The summed E-state index contributed by atoms with van der Waals surface area (Å²) in [6, 6.07) is 0. The van der Waals surface area contributed by atoms with Gasteiger partial charge in [0.05, 0.1) is 25.9 Å². The quantitative estimate of drug-likeness (QED) is 0.0542. The SMILES string of the molecule is CNc1ncnc2c1ncn2[C@@H]1OC(COP(=O)(O)OP(=O)(O)OP(=O)(O)O)[C@@H](OP(=O)(O)OC[C@H]2O[C@@H](n3cnc4c(=O)[nH]c(N)nc43)[C@H](O)[C@@H]2O)[C@H]1OC. The summed E-state index contributed by atoms with van der Waals surface area (Å²) in [7, 11) is -20.1. The van der Waals surface area contributed by atoms with Gasteiger partial charge in [-0.15, -0.1) is 0 Å². The van der Waals surface area contributed by atoms with Gasteiger partial charge in [-0.25, -0.2) is 38.2 Å². The predicted molar refractivity (Wildman–Crippen MR) is 179 cm³/mol. The molecule has 0 amide bonds. The number of rotatable bonds is 16. The molecule has 30 nitrogen and oxygen atoms in total. The Morgan fingerprint density at radius 3 is 2.11 bits per heavy atom. The number of anilines is 2. The van der Waals surface area contributed by atoms with Crippen LogP contribution in [0.5, 0.6) is 0 Å². The number of aromatic nitrogens is 8. The highest BCUT2D eigenvalue weighted by molar-refractivity contribution is 7.66. The number of imidazole rings is 2. The molecule has 2 fully saturated rings. The Kier molecular flexibility index (Phi) is 12.0. The number of ether oxygens (including phenoxy) is 3. The Balaban J connectivity index is 1.22. The van der Waals surface area contributed by atoms with Crippen molar-refractivity contribution < 1.29 is 89.3 Å². The number of nitrogens with zero attached hydrogens (tertiary/aromatic N) is 7. The fourth-order valence-electron chi connectivity index (χ4n) is 5.71. The molecule has 2 aliphatic rings. The average molecular weight is 880 g/mol. The van der Waals surface area contributed by atoms with Crippen LogP contribution in [0.3, 0.4) is 0 Å². The summed E-state index contributed by atoms with van der Waals surface area (Å²) >= 11 is 0. The highest BCUT2D eigenvalue weighted by Gasteiger charge is 2.53. The molecule has 0 saturated carbocycles. The summed E-state index contributed by atoms with van der Waals surface area (Å²) in [6.07, 6.45) is -9.38. The number of methoxy groups -OCH3 is 1. The number of hydrogen-bond donors (Lipinski definition) is 10. The van der Waals surface area contributed by atoms with Crippen molar-refractivity contribution in [2.45, 2.75) is 49.1 Å². The lowest BCUT2D eigenvalue weighted by Gasteiger charge is -2.26. The number of aliphatic hydroxyl groups excluding tert-OH is 2. The molecule has 0 spiro atoms. The zero-order chi connectivity index (χ0) is 41.0. The second kappa shape index (κ2) is 15.9. The summed E-state index contributed by atoms with van der Waals surface area (Å²) in [6.45, 7) is -2.10. The van der Waals surface area contributed by atoms with E-state index in [0.29, 0.717) is 0 Å². The summed E-state index contributed by atoms with van der Waals surface area (Å²) in [5.41, 5.74) is 4.96. The fourth-order valence-corrected chi connectivity index (χ4v) is 9.70. The van der Waals surface area contributed by atoms with E-state index >= 15 is 0 Å². The van der Waals surface area contributed by atoms with Gasteiger partial charge >= 0.3 is 31.3 Å². The molecular formula is C22H32N10O20P4. The lowest BCUT2D eigenvalue weighted by Crippen LogP contribution is -2.38. The minimum absolute atomic E-state index is 0.122. The van der Waals surface area contributed by atoms with E-state index in [1.807, 2.05) is 0 Å². The number of aromatic amines is 1. The number of fused-ring (bicyclic) bond motifs is 2. The molecule has 11 atom stereocenters. The maximum atomic E-state index is 13.4. The first-order valence-electron chi connectivity index (χ1n) is 15.3. The normalized spacial score (nSPS) is 29.0. The van der Waals surface area contributed by atoms with Gasteiger partial charge in [0.15, 0.2) is 35.1 Å². The van der Waals surface area contributed by atoms with Crippen molar-refractivity contribution in [3.63, 3.8) is 0 Å². The van der Waals surface area contributed by atoms with Crippen LogP contribution in [0.25, 0.3) is 22.3 Å². The molecule has 0 aromatic carbocycles. The Labute approximate surface area is 310 Å². The van der Waals surface area contributed by atoms with Crippen molar-refractivity contribution in [1.82, 2.24) is 39.0 Å². The number of aliphatic hydroxyl groups is 2. The Hall–Kier alpha value is -3.18. The number of phosphoric ester groups is 2. The minimum atomic E-state index is -5.93. The van der Waals surface area contributed by atoms with Crippen LogP contribution >= 0.6 is 31.3 Å². The van der Waals surface area contributed by atoms with E-state index in [1.165, 1.54) is 17.2 Å². The molecule has 6 rings (SSSR count). The zero-order valence-corrected chi connectivity index (χ0v) is 31.8. The first-order valence-corrected chi connectivity index (χ1v) is 21.4. The molecule has 310 valence electrons. The fraction of sp³-hybridized carbons (Fsp3) is 0.545. The zero-order valence-electron chi connectivity index (χ0n) is 28.2. The van der Waals surface area contributed by atoms with Crippen LogP contribution in [-0.4, -0.2) is 138 Å². The molecule has 2 aliphatic heterocycles. The number of phosphoric acid groups is 4. The average Bonchev–Trinajstić information content (AvgIpc) is 3.85. The van der Waals surface area contributed by atoms with Crippen LogP contribution < -0.4 is 16.6 Å². The van der Waals surface area contributed by atoms with Gasteiger partial charge in [-0.2, -0.15) is 13.6 Å². The number of hydrogen-bond acceptors (Lipinski definition) is 22. The molecule has 6 heterocycles. The van der Waals surface area contributed by atoms with Crippen molar-refractivity contribution in [2.75, 3.05) is 38.4 Å². The van der Waals surface area contributed by atoms with E-state index < -0.39 is 99.1 Å². The van der Waals surface area contributed by atoms with Gasteiger partial charge in [0.1, 0.15) is 48.5 Å². The van der Waals surface area contributed by atoms with Crippen molar-refractivity contribution >= 4 is 65.4 Å². The smallest absolute Gasteiger partial charge is 0.387 e. The lowest BCUT2D eigenvalue weighted by atomic mass is 10.1. The van der Waals surface area contributed by atoms with Gasteiger partial charge in [0, 0.05) is 14.2 Å². The van der Waals surface area contributed by atoms with Gasteiger partial charge in [0.2, 0.25) is 5.95 Å². The van der Waals surface area contributed by atoms with Crippen LogP contribution in [0.2, 0.25) is 0 Å². The van der Waals surface area contributed by atoms with Crippen molar-refractivity contribution in [1.29, 1.82) is 0 Å². The van der Waals surface area contributed by atoms with Crippen LogP contribution in [0.1, 0.15) is 12.5 Å². The molecule has 11 N–H and O–H groups in total. The molecular weight excluding hydrogens is 848 g/mol. The molecule has 34 heteroatoms. The third kappa shape index (κ3) is 9.09. The largest absolute Gasteiger partial charge is 0.490 e. The van der Waals surface area contributed by atoms with Gasteiger partial charge in [-0.05, 0) is 0 Å². The van der Waals surface area contributed by atoms with Crippen molar-refractivity contribution in [2.24, 2.45) is 0 Å². The molecule has 0 bridgehead atoms. The molecule has 0 radical (unpaired) electrons. The Morgan fingerprint density at radius 1 is 0.821 bits per heavy atom. The molecule has 4 aromatic rings. The van der Waals surface area contributed by atoms with Gasteiger partial charge < -0.3 is 59.9 Å². The first-order chi connectivity index (χ1) is 26.1. The maximum absolute atomic E-state index is 13.4. The van der Waals surface area contributed by atoms with E-state index in [-0.39, 0.29) is 34.1 Å². The molecule has 2 saturated heterocycles. The van der Waals surface area contributed by atoms with Crippen LogP contribution in [0.4, 0.5) is 11.8 Å². The van der Waals surface area contributed by atoms with Crippen LogP contribution in [-0.2, 0) is 54.7 Å². The third-order valence-corrected chi connectivity index (χ3v) is 12.8. The number of nitrogen functional groups attached to an aromatic ring is 1. The second-order valence-electron chi connectivity index (χ2n) is 11.6. The van der Waals surface area contributed by atoms with E-state index in [9.17, 15) is 47.9 Å². The van der Waals surface area contributed by atoms with Gasteiger partial charge in [0.25, 0.3) is 5.56 Å². The summed E-state index contributed by atoms with van der Waals surface area (Å²) in [5.74, 6) is -0.00877. The number of nitrogens with two attached hydrogens (primary N) is 1. The highest BCUT2D eigenvalue weighted by atomic mass is 31.3. The second-order valence-corrected chi connectivity index (χ2v) is 17.4. The Morgan fingerprint density at radius 2 is 1.45 bits per heavy atom. The topological polar surface area (TPSA) is 429 Å². The Bertz CT molecular complexity index is 2340. The predicted octanol–water partition coefficient (Wildman–Crippen LogP) is -2.04. The molecule has 0 aliphatic carbocycles. The number of H-pyrrole nitrogens is 1. The first kappa shape index (κ1) is 42.4. The van der Waals surface area contributed by atoms with Crippen LogP contribution in [0.15, 0.2) is 23.8 Å². The van der Waals surface area contributed by atoms with Crippen molar-refractivity contribution in [3.05, 3.63) is 29.3 Å². The van der Waals surface area contributed by atoms with Gasteiger partial charge in [-0.3, -0.25) is 32.5 Å². The standard InChI is InChI=1S/C22H32N10O20P4/c1-24-16-10-17(26-5-25-16)31(6-27-10)21-15(45-2)14(9(49-21)4-47-55(41,42)52-56(43,44)51-53(36,37)38)50-54(39,40)46-3-8-12(33)13(34)20(48-8)32-7-28-11-18(32)29-22(23)30-19(11)35/h5-9,12-15,20-21,33-34H,3-4H2,1-2H3,(H,39,40)(H,41,42)(H,43,44)(H,24,25,26)(H2,36,37,38)(H3,23,29,30,35)/t8-,9?,12-,13-,14-,15-,20-,21-/m1/s1. The summed E-state index contributed by atoms with van der Waals surface area (Å²) in [5, 5.41) is 24.3. The van der Waals surface area contributed by atoms with Crippen molar-refractivity contribution in [3.8, 4) is 0 Å². The monoisotopic (exact) mass is 880 g/mol.